The van der Waals surface area contributed by atoms with Crippen LogP contribution in [0.4, 0.5) is 10.5 Å². The Kier molecular flexibility index (Phi) is 7.16. The zero-order valence-corrected chi connectivity index (χ0v) is 19.2. The Labute approximate surface area is 187 Å². The summed E-state index contributed by atoms with van der Waals surface area (Å²) >= 11 is 0. The van der Waals surface area contributed by atoms with E-state index in [1.54, 1.807) is 0 Å². The average molecular weight is 427 g/mol. The van der Waals surface area contributed by atoms with Gasteiger partial charge in [-0.2, -0.15) is 0 Å². The van der Waals surface area contributed by atoms with Crippen molar-refractivity contribution in [3.63, 3.8) is 0 Å². The van der Waals surface area contributed by atoms with Crippen molar-refractivity contribution in [2.45, 2.75) is 64.3 Å². The van der Waals surface area contributed by atoms with Crippen LogP contribution in [-0.4, -0.2) is 71.9 Å². The quantitative estimate of drug-likeness (QED) is 0.770. The molecule has 6 nitrogen and oxygen atoms in total. The molecule has 1 atom stereocenters. The molecule has 1 saturated carbocycles. The van der Waals surface area contributed by atoms with Gasteiger partial charge >= 0.3 is 6.03 Å². The minimum atomic E-state index is -0.0415. The van der Waals surface area contributed by atoms with E-state index in [2.05, 4.69) is 41.1 Å². The Morgan fingerprint density at radius 3 is 2.03 bits per heavy atom. The highest BCUT2D eigenvalue weighted by Crippen LogP contribution is 2.32. The third-order valence-electron chi connectivity index (χ3n) is 7.34. The molecule has 1 aliphatic carbocycles. The third kappa shape index (κ3) is 5.22. The second kappa shape index (κ2) is 10.0. The van der Waals surface area contributed by atoms with Gasteiger partial charge in [-0.3, -0.25) is 9.69 Å². The van der Waals surface area contributed by atoms with Crippen molar-refractivity contribution in [1.82, 2.24) is 14.7 Å². The molecule has 4 rings (SSSR count). The lowest BCUT2D eigenvalue weighted by molar-refractivity contribution is -0.138. The number of carbonyl (C=O) groups is 2. The van der Waals surface area contributed by atoms with Crippen LogP contribution in [0.5, 0.6) is 0 Å². The molecule has 0 radical (unpaired) electrons. The SMILES string of the molecule is CC(C)c1ccc(NC(=O)N2CCN([C@@H](C(=O)N3CCCC3)C3CCCC3)CC2)cc1. The summed E-state index contributed by atoms with van der Waals surface area (Å²) in [6.45, 7) is 9.07. The smallest absolute Gasteiger partial charge is 0.321 e. The summed E-state index contributed by atoms with van der Waals surface area (Å²) in [5.74, 6) is 1.30. The fourth-order valence-electron chi connectivity index (χ4n) is 5.41. The van der Waals surface area contributed by atoms with E-state index in [9.17, 15) is 9.59 Å². The zero-order chi connectivity index (χ0) is 21.8. The number of nitrogens with zero attached hydrogens (tertiary/aromatic N) is 3. The molecule has 2 aliphatic heterocycles. The molecule has 0 aromatic heterocycles. The highest BCUT2D eigenvalue weighted by atomic mass is 16.2. The van der Waals surface area contributed by atoms with Crippen molar-refractivity contribution >= 4 is 17.6 Å². The van der Waals surface area contributed by atoms with Gasteiger partial charge in [0, 0.05) is 45.0 Å². The number of piperazine rings is 1. The molecule has 6 heteroatoms. The number of rotatable bonds is 5. The lowest BCUT2D eigenvalue weighted by Crippen LogP contribution is -2.58. The molecule has 3 aliphatic rings. The molecular weight excluding hydrogens is 388 g/mol. The van der Waals surface area contributed by atoms with Crippen molar-refractivity contribution in [2.75, 3.05) is 44.6 Å². The number of urea groups is 1. The molecule has 2 heterocycles. The Bertz CT molecular complexity index is 743. The maximum Gasteiger partial charge on any atom is 0.321 e. The fraction of sp³-hybridized carbons (Fsp3) is 0.680. The Balaban J connectivity index is 1.34. The van der Waals surface area contributed by atoms with E-state index in [0.29, 0.717) is 30.8 Å². The summed E-state index contributed by atoms with van der Waals surface area (Å²) in [6, 6.07) is 8.08. The molecule has 0 bridgehead atoms. The van der Waals surface area contributed by atoms with Gasteiger partial charge < -0.3 is 15.1 Å². The van der Waals surface area contributed by atoms with Crippen LogP contribution in [0.25, 0.3) is 0 Å². The van der Waals surface area contributed by atoms with Gasteiger partial charge in [-0.1, -0.05) is 38.8 Å². The Hall–Kier alpha value is -2.08. The number of benzene rings is 1. The van der Waals surface area contributed by atoms with Crippen molar-refractivity contribution in [2.24, 2.45) is 5.92 Å². The van der Waals surface area contributed by atoms with Gasteiger partial charge in [-0.05, 0) is 55.2 Å². The summed E-state index contributed by atoms with van der Waals surface area (Å²) in [5, 5.41) is 3.04. The van der Waals surface area contributed by atoms with Gasteiger partial charge in [0.1, 0.15) is 0 Å². The topological polar surface area (TPSA) is 55.9 Å². The molecule has 2 saturated heterocycles. The van der Waals surface area contributed by atoms with Gasteiger partial charge in [-0.25, -0.2) is 4.79 Å². The van der Waals surface area contributed by atoms with Crippen LogP contribution < -0.4 is 5.32 Å². The Morgan fingerprint density at radius 2 is 1.45 bits per heavy atom. The van der Waals surface area contributed by atoms with Gasteiger partial charge in [0.25, 0.3) is 0 Å². The zero-order valence-electron chi connectivity index (χ0n) is 19.2. The minimum absolute atomic E-state index is 0.00869. The van der Waals surface area contributed by atoms with Gasteiger partial charge in [0.05, 0.1) is 6.04 Å². The van der Waals surface area contributed by atoms with E-state index >= 15 is 0 Å². The number of nitrogens with one attached hydrogen (secondary N) is 1. The maximum atomic E-state index is 13.4. The summed E-state index contributed by atoms with van der Waals surface area (Å²) in [5.41, 5.74) is 2.11. The van der Waals surface area contributed by atoms with Crippen LogP contribution in [0.3, 0.4) is 0 Å². The largest absolute Gasteiger partial charge is 0.341 e. The normalized spacial score (nSPS) is 21.6. The van der Waals surface area contributed by atoms with E-state index in [-0.39, 0.29) is 12.1 Å². The first-order chi connectivity index (χ1) is 15.0. The van der Waals surface area contributed by atoms with E-state index in [4.69, 9.17) is 0 Å². The van der Waals surface area contributed by atoms with Crippen molar-refractivity contribution in [3.05, 3.63) is 29.8 Å². The van der Waals surface area contributed by atoms with Gasteiger partial charge in [0.2, 0.25) is 5.91 Å². The first-order valence-corrected chi connectivity index (χ1v) is 12.2. The van der Waals surface area contributed by atoms with Crippen molar-refractivity contribution in [1.29, 1.82) is 0 Å². The van der Waals surface area contributed by atoms with Crippen LogP contribution in [0.2, 0.25) is 0 Å². The monoisotopic (exact) mass is 426 g/mol. The molecule has 0 unspecified atom stereocenters. The van der Waals surface area contributed by atoms with Gasteiger partial charge in [0.15, 0.2) is 0 Å². The van der Waals surface area contributed by atoms with E-state index in [1.165, 1.54) is 18.4 Å². The highest BCUT2D eigenvalue weighted by molar-refractivity contribution is 5.89. The van der Waals surface area contributed by atoms with Gasteiger partial charge in [-0.15, -0.1) is 0 Å². The van der Waals surface area contributed by atoms with Crippen molar-refractivity contribution < 1.29 is 9.59 Å². The predicted octanol–water partition coefficient (Wildman–Crippen LogP) is 4.14. The molecule has 3 amide bonds. The van der Waals surface area contributed by atoms with Crippen LogP contribution in [0.1, 0.15) is 63.9 Å². The Morgan fingerprint density at radius 1 is 0.839 bits per heavy atom. The average Bonchev–Trinajstić information content (AvgIpc) is 3.49. The fourth-order valence-corrected chi connectivity index (χ4v) is 5.41. The first kappa shape index (κ1) is 22.1. The molecule has 1 aromatic rings. The number of anilines is 1. The van der Waals surface area contributed by atoms with Crippen LogP contribution >= 0.6 is 0 Å². The lowest BCUT2D eigenvalue weighted by Gasteiger charge is -2.41. The standard InChI is InChI=1S/C25H38N4O2/c1-19(2)20-9-11-22(12-10-20)26-25(31)29-17-15-27(16-18-29)23(21-7-3-4-8-21)24(30)28-13-5-6-14-28/h9-12,19,21,23H,3-8,13-18H2,1-2H3,(H,26,31)/t23-/m1/s1. The molecule has 0 spiro atoms. The van der Waals surface area contributed by atoms with E-state index < -0.39 is 0 Å². The summed E-state index contributed by atoms with van der Waals surface area (Å²) in [7, 11) is 0. The molecule has 3 fully saturated rings. The number of carbonyl (C=O) groups excluding carboxylic acids is 2. The number of hydrogen-bond donors (Lipinski definition) is 1. The summed E-state index contributed by atoms with van der Waals surface area (Å²) in [4.78, 5) is 32.5. The van der Waals surface area contributed by atoms with Crippen molar-refractivity contribution in [3.8, 4) is 0 Å². The summed E-state index contributed by atoms with van der Waals surface area (Å²) < 4.78 is 0. The first-order valence-electron chi connectivity index (χ1n) is 12.2. The second-order valence-corrected chi connectivity index (χ2v) is 9.75. The third-order valence-corrected chi connectivity index (χ3v) is 7.34. The number of likely N-dealkylation sites (tertiary alicyclic amines) is 1. The lowest BCUT2D eigenvalue weighted by atomic mass is 9.94. The molecule has 170 valence electrons. The number of amides is 3. The second-order valence-electron chi connectivity index (χ2n) is 9.75. The van der Waals surface area contributed by atoms with E-state index in [0.717, 1.165) is 57.5 Å². The molecular formula is C25H38N4O2. The van der Waals surface area contributed by atoms with Crippen LogP contribution in [-0.2, 0) is 4.79 Å². The maximum absolute atomic E-state index is 13.4. The van der Waals surface area contributed by atoms with Crippen LogP contribution in [0.15, 0.2) is 24.3 Å². The predicted molar refractivity (Wildman–Crippen MR) is 124 cm³/mol. The van der Waals surface area contributed by atoms with E-state index in [1.807, 2.05) is 17.0 Å². The minimum Gasteiger partial charge on any atom is -0.341 e. The van der Waals surface area contributed by atoms with Crippen LogP contribution in [0, 0.1) is 5.92 Å². The highest BCUT2D eigenvalue weighted by Gasteiger charge is 2.39. The molecule has 1 aromatic carbocycles. The summed E-state index contributed by atoms with van der Waals surface area (Å²) in [6.07, 6.45) is 7.08. The molecule has 1 N–H and O–H groups in total. The number of hydrogen-bond acceptors (Lipinski definition) is 3. The molecule has 31 heavy (non-hydrogen) atoms.